The first-order valence-corrected chi connectivity index (χ1v) is 8.13. The monoisotopic (exact) mass is 341 g/mol. The molecule has 0 aromatic carbocycles. The zero-order valence-electron chi connectivity index (χ0n) is 15.2. The molecule has 132 valence electrons. The Kier molecular flexibility index (Phi) is 4.34. The number of aliphatic hydroxyl groups is 1. The van der Waals surface area contributed by atoms with Crippen LogP contribution in [0.4, 0.5) is 5.95 Å². The lowest BCUT2D eigenvalue weighted by molar-refractivity contribution is 0.200. The minimum absolute atomic E-state index is 0.215. The summed E-state index contributed by atoms with van der Waals surface area (Å²) in [6.45, 7) is 8.06. The van der Waals surface area contributed by atoms with E-state index in [2.05, 4.69) is 15.0 Å². The smallest absolute Gasteiger partial charge is 0.222 e. The number of nitrogens with zero attached hydrogens (tertiary/aromatic N) is 4. The number of rotatable bonds is 4. The van der Waals surface area contributed by atoms with Gasteiger partial charge >= 0.3 is 0 Å². The van der Waals surface area contributed by atoms with Gasteiger partial charge in [0.05, 0.1) is 31.1 Å². The summed E-state index contributed by atoms with van der Waals surface area (Å²) in [7, 11) is 1.66. The van der Waals surface area contributed by atoms with Gasteiger partial charge < -0.3 is 20.1 Å². The molecule has 1 unspecified atom stereocenters. The second-order valence-corrected chi connectivity index (χ2v) is 6.30. The van der Waals surface area contributed by atoms with Gasteiger partial charge in [-0.3, -0.25) is 4.98 Å². The van der Waals surface area contributed by atoms with Crippen molar-refractivity contribution in [3.8, 4) is 5.75 Å². The number of pyridine rings is 1. The van der Waals surface area contributed by atoms with Crippen molar-refractivity contribution >= 4 is 17.0 Å². The predicted octanol–water partition coefficient (Wildman–Crippen LogP) is 2.44. The Morgan fingerprint density at radius 3 is 2.64 bits per heavy atom. The molecule has 1 atom stereocenters. The molecule has 0 fully saturated rings. The molecule has 3 rings (SSSR count). The molecule has 0 saturated carbocycles. The highest BCUT2D eigenvalue weighted by Crippen LogP contribution is 2.30. The zero-order chi connectivity index (χ0) is 18.3. The SMILES string of the molecule is COc1c(C)cnc(Cn2cc(C(C)O)c3c(C)nc(N)nc32)c1C. The molecule has 25 heavy (non-hydrogen) atoms. The summed E-state index contributed by atoms with van der Waals surface area (Å²) in [5.41, 5.74) is 10.9. The van der Waals surface area contributed by atoms with Gasteiger partial charge in [0, 0.05) is 34.5 Å². The number of ether oxygens (including phenoxy) is 1. The van der Waals surface area contributed by atoms with Gasteiger partial charge in [0.25, 0.3) is 0 Å². The minimum atomic E-state index is -0.628. The van der Waals surface area contributed by atoms with E-state index < -0.39 is 6.10 Å². The number of aryl methyl sites for hydroxylation is 2. The first kappa shape index (κ1) is 17.2. The molecule has 0 aliphatic heterocycles. The second-order valence-electron chi connectivity index (χ2n) is 6.30. The third-order valence-corrected chi connectivity index (χ3v) is 4.46. The van der Waals surface area contributed by atoms with Gasteiger partial charge in [0.15, 0.2) is 0 Å². The number of hydrogen-bond acceptors (Lipinski definition) is 6. The fourth-order valence-electron chi connectivity index (χ4n) is 3.25. The van der Waals surface area contributed by atoms with Crippen molar-refractivity contribution in [3.05, 3.63) is 40.5 Å². The molecule has 0 spiro atoms. The van der Waals surface area contributed by atoms with Crippen LogP contribution in [0.1, 0.15) is 41.1 Å². The molecule has 3 aromatic heterocycles. The van der Waals surface area contributed by atoms with Crippen molar-refractivity contribution in [3.63, 3.8) is 0 Å². The fourth-order valence-corrected chi connectivity index (χ4v) is 3.25. The summed E-state index contributed by atoms with van der Waals surface area (Å²) in [5, 5.41) is 11.0. The number of hydrogen-bond donors (Lipinski definition) is 2. The van der Waals surface area contributed by atoms with Gasteiger partial charge in [-0.15, -0.1) is 0 Å². The van der Waals surface area contributed by atoms with Crippen molar-refractivity contribution in [2.75, 3.05) is 12.8 Å². The number of methoxy groups -OCH3 is 1. The molecule has 0 radical (unpaired) electrons. The number of nitrogen functional groups attached to an aromatic ring is 1. The molecule has 0 saturated heterocycles. The number of aliphatic hydroxyl groups excluding tert-OH is 1. The first-order chi connectivity index (χ1) is 11.8. The highest BCUT2D eigenvalue weighted by atomic mass is 16.5. The largest absolute Gasteiger partial charge is 0.496 e. The maximum atomic E-state index is 10.1. The quantitative estimate of drug-likeness (QED) is 0.756. The van der Waals surface area contributed by atoms with Crippen LogP contribution in [0.3, 0.4) is 0 Å². The van der Waals surface area contributed by atoms with Gasteiger partial charge in [-0.1, -0.05) is 0 Å². The van der Waals surface area contributed by atoms with Gasteiger partial charge in [0.1, 0.15) is 11.4 Å². The summed E-state index contributed by atoms with van der Waals surface area (Å²) in [4.78, 5) is 13.2. The molecular weight excluding hydrogens is 318 g/mol. The highest BCUT2D eigenvalue weighted by Gasteiger charge is 2.19. The Hall–Kier alpha value is -2.67. The average molecular weight is 341 g/mol. The fraction of sp³-hybridized carbons (Fsp3) is 0.389. The van der Waals surface area contributed by atoms with Gasteiger partial charge in [0.2, 0.25) is 5.95 Å². The Morgan fingerprint density at radius 1 is 1.28 bits per heavy atom. The van der Waals surface area contributed by atoms with E-state index in [4.69, 9.17) is 10.5 Å². The topological polar surface area (TPSA) is 99.1 Å². The summed E-state index contributed by atoms with van der Waals surface area (Å²) in [6, 6.07) is 0. The Bertz CT molecular complexity index is 947. The van der Waals surface area contributed by atoms with Crippen molar-refractivity contribution < 1.29 is 9.84 Å². The Balaban J connectivity index is 2.17. The molecule has 3 N–H and O–H groups in total. The molecule has 7 nitrogen and oxygen atoms in total. The normalized spacial score (nSPS) is 12.6. The van der Waals surface area contributed by atoms with Crippen molar-refractivity contribution in [2.24, 2.45) is 0 Å². The van der Waals surface area contributed by atoms with Crippen LogP contribution >= 0.6 is 0 Å². The maximum Gasteiger partial charge on any atom is 0.222 e. The van der Waals surface area contributed by atoms with E-state index in [0.717, 1.165) is 39.2 Å². The van der Waals surface area contributed by atoms with Crippen LogP contribution in [0.15, 0.2) is 12.4 Å². The Morgan fingerprint density at radius 2 is 2.00 bits per heavy atom. The van der Waals surface area contributed by atoms with E-state index in [1.54, 1.807) is 20.2 Å². The highest BCUT2D eigenvalue weighted by molar-refractivity contribution is 5.84. The molecule has 3 heterocycles. The van der Waals surface area contributed by atoms with Crippen molar-refractivity contribution in [1.82, 2.24) is 19.5 Å². The van der Waals surface area contributed by atoms with Crippen LogP contribution in [0, 0.1) is 20.8 Å². The molecule has 0 aliphatic rings. The van der Waals surface area contributed by atoms with E-state index in [9.17, 15) is 5.11 Å². The molecule has 0 aliphatic carbocycles. The molecule has 0 bridgehead atoms. The minimum Gasteiger partial charge on any atom is -0.496 e. The number of aromatic nitrogens is 4. The van der Waals surface area contributed by atoms with Crippen LogP contribution in [-0.4, -0.2) is 31.7 Å². The zero-order valence-corrected chi connectivity index (χ0v) is 15.2. The maximum absolute atomic E-state index is 10.1. The van der Waals surface area contributed by atoms with Crippen LogP contribution in [0.2, 0.25) is 0 Å². The van der Waals surface area contributed by atoms with Crippen LogP contribution < -0.4 is 10.5 Å². The van der Waals surface area contributed by atoms with Crippen LogP contribution in [0.5, 0.6) is 5.75 Å². The summed E-state index contributed by atoms with van der Waals surface area (Å²) >= 11 is 0. The van der Waals surface area contributed by atoms with Gasteiger partial charge in [-0.2, -0.15) is 4.98 Å². The van der Waals surface area contributed by atoms with Gasteiger partial charge in [-0.05, 0) is 27.7 Å². The Labute approximate surface area is 146 Å². The lowest BCUT2D eigenvalue weighted by Crippen LogP contribution is -2.07. The third kappa shape index (κ3) is 2.91. The molecular formula is C18H23N5O2. The molecule has 3 aromatic rings. The second kappa shape index (κ2) is 6.33. The first-order valence-electron chi connectivity index (χ1n) is 8.13. The van der Waals surface area contributed by atoms with Crippen molar-refractivity contribution in [2.45, 2.75) is 40.3 Å². The van der Waals surface area contributed by atoms with Crippen molar-refractivity contribution in [1.29, 1.82) is 0 Å². The van der Waals surface area contributed by atoms with E-state index in [1.807, 2.05) is 31.5 Å². The number of fused-ring (bicyclic) bond motifs is 1. The summed E-state index contributed by atoms with van der Waals surface area (Å²) in [5.74, 6) is 1.05. The van der Waals surface area contributed by atoms with E-state index in [-0.39, 0.29) is 5.95 Å². The average Bonchev–Trinajstić information content (AvgIpc) is 2.90. The molecule has 7 heteroatoms. The van der Waals surface area contributed by atoms with Crippen LogP contribution in [0.25, 0.3) is 11.0 Å². The predicted molar refractivity (Wildman–Crippen MR) is 96.7 cm³/mol. The summed E-state index contributed by atoms with van der Waals surface area (Å²) < 4.78 is 7.44. The standard InChI is InChI=1S/C18H23N5O2/c1-9-6-20-14(10(2)16(9)25-5)8-23-7-13(12(4)24)15-11(3)21-18(19)22-17(15)23/h6-7,12,24H,8H2,1-5H3,(H2,19,21,22). The van der Waals surface area contributed by atoms with E-state index >= 15 is 0 Å². The number of anilines is 1. The van der Waals surface area contributed by atoms with E-state index in [0.29, 0.717) is 12.2 Å². The van der Waals surface area contributed by atoms with E-state index in [1.165, 1.54) is 0 Å². The lowest BCUT2D eigenvalue weighted by atomic mass is 10.1. The number of nitrogens with two attached hydrogens (primary N) is 1. The van der Waals surface area contributed by atoms with Crippen LogP contribution in [-0.2, 0) is 6.54 Å². The molecule has 0 amide bonds. The lowest BCUT2D eigenvalue weighted by Gasteiger charge is -2.13. The van der Waals surface area contributed by atoms with Gasteiger partial charge in [-0.25, -0.2) is 4.98 Å². The third-order valence-electron chi connectivity index (χ3n) is 4.46. The summed E-state index contributed by atoms with van der Waals surface area (Å²) in [6.07, 6.45) is 3.07.